The number of likely N-dealkylation sites (tertiary alicyclic amines) is 1. The first kappa shape index (κ1) is 21.5. The van der Waals surface area contributed by atoms with Crippen molar-refractivity contribution < 1.29 is 14.3 Å². The number of pyridine rings is 1. The Bertz CT molecular complexity index is 863. The molecule has 31 heavy (non-hydrogen) atoms. The third-order valence-electron chi connectivity index (χ3n) is 6.08. The van der Waals surface area contributed by atoms with Gasteiger partial charge in [0.15, 0.2) is 0 Å². The van der Waals surface area contributed by atoms with Crippen molar-refractivity contribution in [3.05, 3.63) is 47.4 Å². The standard InChI is InChI=1S/C23H31N5O3/c1-31-13-8-24-21-15-20(7-12-27(21)17-29)28-11-5-6-18-14-19(16-25-22(18)28)23(30)26-9-3-2-4-10-26/h7,12,14-17,21,24H,2-6,8-11,13H2,1H3. The van der Waals surface area contributed by atoms with Crippen molar-refractivity contribution in [2.45, 2.75) is 38.3 Å². The average Bonchev–Trinajstić information content (AvgIpc) is 2.83. The molecule has 1 unspecified atom stereocenters. The fourth-order valence-corrected chi connectivity index (χ4v) is 4.42. The molecule has 166 valence electrons. The Balaban J connectivity index is 1.54. The van der Waals surface area contributed by atoms with E-state index in [1.165, 1.54) is 6.42 Å². The summed E-state index contributed by atoms with van der Waals surface area (Å²) >= 11 is 0. The second kappa shape index (κ2) is 10.1. The number of carbonyl (C=O) groups is 2. The van der Waals surface area contributed by atoms with E-state index in [2.05, 4.69) is 10.2 Å². The first-order valence-electron chi connectivity index (χ1n) is 11.1. The summed E-state index contributed by atoms with van der Waals surface area (Å²) < 4.78 is 5.11. The second-order valence-electron chi connectivity index (χ2n) is 8.17. The van der Waals surface area contributed by atoms with Crippen LogP contribution >= 0.6 is 0 Å². The maximum Gasteiger partial charge on any atom is 0.255 e. The fourth-order valence-electron chi connectivity index (χ4n) is 4.42. The Labute approximate surface area is 183 Å². The van der Waals surface area contributed by atoms with Crippen LogP contribution < -0.4 is 10.2 Å². The maximum atomic E-state index is 12.9. The Morgan fingerprint density at radius 2 is 2.10 bits per heavy atom. The molecule has 0 aromatic carbocycles. The highest BCUT2D eigenvalue weighted by Gasteiger charge is 2.26. The first-order valence-corrected chi connectivity index (χ1v) is 11.1. The topological polar surface area (TPSA) is 78.0 Å². The summed E-state index contributed by atoms with van der Waals surface area (Å²) in [5.41, 5.74) is 2.78. The van der Waals surface area contributed by atoms with Crippen molar-refractivity contribution in [3.63, 3.8) is 0 Å². The Morgan fingerprint density at radius 3 is 2.87 bits per heavy atom. The van der Waals surface area contributed by atoms with E-state index in [0.717, 1.165) is 68.8 Å². The highest BCUT2D eigenvalue weighted by Crippen LogP contribution is 2.30. The fraction of sp³-hybridized carbons (Fsp3) is 0.522. The second-order valence-corrected chi connectivity index (χ2v) is 8.17. The molecule has 1 aromatic rings. The van der Waals surface area contributed by atoms with Gasteiger partial charge >= 0.3 is 0 Å². The van der Waals surface area contributed by atoms with Crippen LogP contribution in [-0.2, 0) is 16.0 Å². The summed E-state index contributed by atoms with van der Waals surface area (Å²) in [6.45, 7) is 3.73. The van der Waals surface area contributed by atoms with Crippen LogP contribution in [0.1, 0.15) is 41.6 Å². The number of nitrogens with one attached hydrogen (secondary N) is 1. The van der Waals surface area contributed by atoms with Gasteiger partial charge in [0.25, 0.3) is 5.91 Å². The number of aryl methyl sites for hydroxylation is 1. The van der Waals surface area contributed by atoms with Gasteiger partial charge in [0.1, 0.15) is 12.0 Å². The van der Waals surface area contributed by atoms with Crippen LogP contribution in [0.3, 0.4) is 0 Å². The first-order chi connectivity index (χ1) is 15.2. The van der Waals surface area contributed by atoms with Gasteiger partial charge in [0.05, 0.1) is 12.2 Å². The van der Waals surface area contributed by atoms with E-state index < -0.39 is 0 Å². The number of fused-ring (bicyclic) bond motifs is 1. The van der Waals surface area contributed by atoms with Gasteiger partial charge in [-0.25, -0.2) is 4.98 Å². The number of hydrogen-bond acceptors (Lipinski definition) is 6. The molecule has 0 saturated carbocycles. The number of hydrogen-bond donors (Lipinski definition) is 1. The largest absolute Gasteiger partial charge is 0.383 e. The van der Waals surface area contributed by atoms with E-state index in [9.17, 15) is 9.59 Å². The number of anilines is 1. The zero-order valence-electron chi connectivity index (χ0n) is 18.1. The predicted molar refractivity (Wildman–Crippen MR) is 118 cm³/mol. The number of aromatic nitrogens is 1. The summed E-state index contributed by atoms with van der Waals surface area (Å²) in [5, 5.41) is 3.32. The van der Waals surface area contributed by atoms with E-state index in [1.54, 1.807) is 24.4 Å². The number of rotatable bonds is 7. The summed E-state index contributed by atoms with van der Waals surface area (Å²) in [7, 11) is 1.65. The lowest BCUT2D eigenvalue weighted by Gasteiger charge is -2.35. The van der Waals surface area contributed by atoms with Gasteiger partial charge in [0, 0.05) is 51.4 Å². The molecule has 0 bridgehead atoms. The van der Waals surface area contributed by atoms with Crippen LogP contribution in [0.25, 0.3) is 0 Å². The third-order valence-corrected chi connectivity index (χ3v) is 6.08. The highest BCUT2D eigenvalue weighted by atomic mass is 16.5. The van der Waals surface area contributed by atoms with Crippen LogP contribution in [-0.4, -0.2) is 73.2 Å². The minimum Gasteiger partial charge on any atom is -0.383 e. The number of carbonyl (C=O) groups excluding carboxylic acids is 2. The number of ether oxygens (including phenoxy) is 1. The molecule has 8 nitrogen and oxygen atoms in total. The zero-order chi connectivity index (χ0) is 21.6. The molecule has 1 N–H and O–H groups in total. The van der Waals surface area contributed by atoms with E-state index in [1.807, 2.05) is 23.1 Å². The summed E-state index contributed by atoms with van der Waals surface area (Å²) in [6.07, 6.45) is 13.3. The maximum absolute atomic E-state index is 12.9. The predicted octanol–water partition coefficient (Wildman–Crippen LogP) is 1.89. The van der Waals surface area contributed by atoms with Crippen LogP contribution in [0, 0.1) is 0 Å². The molecule has 8 heteroatoms. The van der Waals surface area contributed by atoms with Gasteiger partial charge < -0.3 is 19.4 Å². The van der Waals surface area contributed by atoms with Crippen molar-refractivity contribution >= 4 is 18.1 Å². The van der Waals surface area contributed by atoms with E-state index in [-0.39, 0.29) is 12.1 Å². The van der Waals surface area contributed by atoms with Crippen LogP contribution in [0.2, 0.25) is 0 Å². The minimum absolute atomic E-state index is 0.0907. The van der Waals surface area contributed by atoms with Crippen molar-refractivity contribution in [3.8, 4) is 0 Å². The number of methoxy groups -OCH3 is 1. The molecule has 0 radical (unpaired) electrons. The minimum atomic E-state index is -0.238. The molecule has 1 atom stereocenters. The molecule has 1 fully saturated rings. The molecule has 0 aliphatic carbocycles. The quantitative estimate of drug-likeness (QED) is 0.531. The van der Waals surface area contributed by atoms with Gasteiger partial charge in [-0.1, -0.05) is 0 Å². The molecular formula is C23H31N5O3. The molecular weight excluding hydrogens is 394 g/mol. The molecule has 0 spiro atoms. The number of piperidine rings is 1. The highest BCUT2D eigenvalue weighted by molar-refractivity contribution is 5.94. The van der Waals surface area contributed by atoms with Gasteiger partial charge in [-0.05, 0) is 55.9 Å². The van der Waals surface area contributed by atoms with Gasteiger partial charge in [0.2, 0.25) is 6.41 Å². The van der Waals surface area contributed by atoms with E-state index >= 15 is 0 Å². The van der Waals surface area contributed by atoms with Gasteiger partial charge in [-0.15, -0.1) is 0 Å². The van der Waals surface area contributed by atoms with Crippen LogP contribution in [0.15, 0.2) is 36.3 Å². The lowest BCUT2D eigenvalue weighted by Crippen LogP contribution is -2.45. The zero-order valence-corrected chi connectivity index (χ0v) is 18.1. The number of amides is 2. The average molecular weight is 426 g/mol. The van der Waals surface area contributed by atoms with E-state index in [4.69, 9.17) is 9.72 Å². The smallest absolute Gasteiger partial charge is 0.255 e. The normalized spacial score (nSPS) is 21.0. The van der Waals surface area contributed by atoms with Crippen LogP contribution in [0.4, 0.5) is 5.82 Å². The summed E-state index contributed by atoms with van der Waals surface area (Å²) in [6, 6.07) is 2.02. The number of allylic oxidation sites excluding steroid dienone is 1. The number of nitrogens with zero attached hydrogens (tertiary/aromatic N) is 4. The van der Waals surface area contributed by atoms with Crippen molar-refractivity contribution in [1.82, 2.24) is 20.1 Å². The summed E-state index contributed by atoms with van der Waals surface area (Å²) in [4.78, 5) is 34.8. The van der Waals surface area contributed by atoms with Crippen LogP contribution in [0.5, 0.6) is 0 Å². The molecule has 1 aromatic heterocycles. The van der Waals surface area contributed by atoms with E-state index in [0.29, 0.717) is 18.7 Å². The molecule has 3 aliphatic heterocycles. The Morgan fingerprint density at radius 1 is 1.26 bits per heavy atom. The van der Waals surface area contributed by atoms with Crippen molar-refractivity contribution in [1.29, 1.82) is 0 Å². The molecule has 4 rings (SSSR count). The summed E-state index contributed by atoms with van der Waals surface area (Å²) in [5.74, 6) is 0.987. The Hall–Kier alpha value is -2.71. The molecule has 2 amide bonds. The molecule has 3 aliphatic rings. The SMILES string of the molecule is COCCNC1C=C(N2CCCc3cc(C(=O)N4CCCCC4)cnc32)C=CN1C=O. The third kappa shape index (κ3) is 4.80. The lowest BCUT2D eigenvalue weighted by atomic mass is 10.0. The van der Waals surface area contributed by atoms with Crippen molar-refractivity contribution in [2.75, 3.05) is 44.8 Å². The molecule has 1 saturated heterocycles. The molecule has 4 heterocycles. The lowest BCUT2D eigenvalue weighted by molar-refractivity contribution is -0.117. The van der Waals surface area contributed by atoms with Gasteiger partial charge in [-0.2, -0.15) is 0 Å². The van der Waals surface area contributed by atoms with Crippen molar-refractivity contribution in [2.24, 2.45) is 0 Å². The monoisotopic (exact) mass is 425 g/mol. The Kier molecular flexibility index (Phi) is 6.99. The van der Waals surface area contributed by atoms with Gasteiger partial charge in [-0.3, -0.25) is 14.9 Å².